The Morgan fingerprint density at radius 2 is 1.86 bits per heavy atom. The van der Waals surface area contributed by atoms with Crippen LogP contribution < -0.4 is 5.32 Å². The maximum Gasteiger partial charge on any atom is 0.234 e. The summed E-state index contributed by atoms with van der Waals surface area (Å²) < 4.78 is 0. The van der Waals surface area contributed by atoms with Gasteiger partial charge in [0.25, 0.3) is 0 Å². The normalized spacial score (nSPS) is 22.2. The van der Waals surface area contributed by atoms with E-state index in [9.17, 15) is 4.79 Å². The quantitative estimate of drug-likeness (QED) is 0.873. The topological polar surface area (TPSA) is 32.3 Å². The molecule has 1 aliphatic rings. The number of benzene rings is 1. The molecule has 0 bridgehead atoms. The van der Waals surface area contributed by atoms with E-state index in [0.29, 0.717) is 12.6 Å². The van der Waals surface area contributed by atoms with E-state index in [-0.39, 0.29) is 5.91 Å². The lowest BCUT2D eigenvalue weighted by Crippen LogP contribution is -2.42. The minimum absolute atomic E-state index is 0.145. The first kappa shape index (κ1) is 16.0. The molecule has 116 valence electrons. The Balaban J connectivity index is 1.64. The van der Waals surface area contributed by atoms with Crippen molar-refractivity contribution in [2.24, 2.45) is 5.92 Å². The van der Waals surface area contributed by atoms with Gasteiger partial charge in [-0.3, -0.25) is 9.69 Å². The summed E-state index contributed by atoms with van der Waals surface area (Å²) >= 11 is 0. The smallest absolute Gasteiger partial charge is 0.234 e. The zero-order valence-electron chi connectivity index (χ0n) is 13.3. The van der Waals surface area contributed by atoms with Gasteiger partial charge in [-0.25, -0.2) is 0 Å². The van der Waals surface area contributed by atoms with Crippen LogP contribution in [0.4, 0.5) is 0 Å². The first-order valence-corrected chi connectivity index (χ1v) is 8.16. The molecule has 0 heterocycles. The van der Waals surface area contributed by atoms with Crippen LogP contribution in [0.3, 0.4) is 0 Å². The fourth-order valence-corrected chi connectivity index (χ4v) is 3.09. The summed E-state index contributed by atoms with van der Waals surface area (Å²) in [6.45, 7) is 3.57. The summed E-state index contributed by atoms with van der Waals surface area (Å²) in [5.74, 6) is 1.00. The molecule has 3 nitrogen and oxygen atoms in total. The molecule has 0 radical (unpaired) electrons. The van der Waals surface area contributed by atoms with Crippen molar-refractivity contribution in [1.29, 1.82) is 0 Å². The molecule has 1 saturated carbocycles. The summed E-state index contributed by atoms with van der Waals surface area (Å²) in [7, 11) is 2.08. The van der Waals surface area contributed by atoms with Crippen LogP contribution in [0.5, 0.6) is 0 Å². The highest BCUT2D eigenvalue weighted by Crippen LogP contribution is 2.26. The van der Waals surface area contributed by atoms with Gasteiger partial charge in [-0.1, -0.05) is 37.3 Å². The van der Waals surface area contributed by atoms with Crippen LogP contribution in [0.25, 0.3) is 0 Å². The van der Waals surface area contributed by atoms with Gasteiger partial charge in [0, 0.05) is 12.6 Å². The molecule has 0 saturated heterocycles. The van der Waals surface area contributed by atoms with E-state index in [4.69, 9.17) is 0 Å². The Hall–Kier alpha value is -1.35. The molecule has 1 aromatic carbocycles. The highest BCUT2D eigenvalue weighted by Gasteiger charge is 2.22. The molecular formula is C18H28N2O. The highest BCUT2D eigenvalue weighted by molar-refractivity contribution is 5.78. The lowest BCUT2D eigenvalue weighted by molar-refractivity contribution is -0.122. The van der Waals surface area contributed by atoms with Gasteiger partial charge in [0.05, 0.1) is 6.54 Å². The fraction of sp³-hybridized carbons (Fsp3) is 0.611. The van der Waals surface area contributed by atoms with Gasteiger partial charge >= 0.3 is 0 Å². The number of amides is 1. The first-order valence-electron chi connectivity index (χ1n) is 8.16. The summed E-state index contributed by atoms with van der Waals surface area (Å²) in [5, 5.41) is 3.03. The molecule has 1 amide bonds. The van der Waals surface area contributed by atoms with Crippen molar-refractivity contribution in [2.45, 2.75) is 45.1 Å². The van der Waals surface area contributed by atoms with Crippen molar-refractivity contribution in [3.05, 3.63) is 35.9 Å². The van der Waals surface area contributed by atoms with E-state index in [1.165, 1.54) is 31.2 Å². The number of hydrogen-bond acceptors (Lipinski definition) is 2. The lowest BCUT2D eigenvalue weighted by Gasteiger charge is -2.33. The molecule has 21 heavy (non-hydrogen) atoms. The number of nitrogens with zero attached hydrogens (tertiary/aromatic N) is 1. The van der Waals surface area contributed by atoms with E-state index in [1.807, 2.05) is 18.2 Å². The lowest BCUT2D eigenvalue weighted by atomic mass is 9.87. The highest BCUT2D eigenvalue weighted by atomic mass is 16.2. The maximum absolute atomic E-state index is 12.0. The molecule has 1 aromatic rings. The van der Waals surface area contributed by atoms with E-state index >= 15 is 0 Å². The van der Waals surface area contributed by atoms with Crippen molar-refractivity contribution in [3.63, 3.8) is 0 Å². The first-order chi connectivity index (χ1) is 10.1. The van der Waals surface area contributed by atoms with Crippen molar-refractivity contribution in [2.75, 3.05) is 20.1 Å². The zero-order chi connectivity index (χ0) is 15.1. The predicted molar refractivity (Wildman–Crippen MR) is 87.2 cm³/mol. The van der Waals surface area contributed by atoms with Gasteiger partial charge in [-0.15, -0.1) is 0 Å². The van der Waals surface area contributed by atoms with Crippen LogP contribution in [-0.2, 0) is 11.2 Å². The van der Waals surface area contributed by atoms with Crippen LogP contribution in [0, 0.1) is 5.92 Å². The Morgan fingerprint density at radius 1 is 1.19 bits per heavy atom. The molecule has 0 spiro atoms. The average molecular weight is 288 g/mol. The SMILES string of the molecule is CC1CCC(N(C)CC(=O)NCCc2ccccc2)CC1. The third-order valence-corrected chi connectivity index (χ3v) is 4.58. The predicted octanol–water partition coefficient (Wildman–Crippen LogP) is 2.86. The number of carbonyl (C=O) groups excluding carboxylic acids is 1. The number of nitrogens with one attached hydrogen (secondary N) is 1. The van der Waals surface area contributed by atoms with Gasteiger partial charge in [-0.05, 0) is 50.6 Å². The molecule has 1 N–H and O–H groups in total. The summed E-state index contributed by atoms with van der Waals surface area (Å²) in [5.41, 5.74) is 1.27. The number of rotatable bonds is 6. The van der Waals surface area contributed by atoms with Crippen molar-refractivity contribution in [1.82, 2.24) is 10.2 Å². The Morgan fingerprint density at radius 3 is 2.52 bits per heavy atom. The maximum atomic E-state index is 12.0. The standard InChI is InChI=1S/C18H28N2O/c1-15-8-10-17(11-9-15)20(2)14-18(21)19-13-12-16-6-4-3-5-7-16/h3-7,15,17H,8-14H2,1-2H3,(H,19,21). The molecular weight excluding hydrogens is 260 g/mol. The van der Waals surface area contributed by atoms with Gasteiger partial charge in [0.1, 0.15) is 0 Å². The number of hydrogen-bond donors (Lipinski definition) is 1. The van der Waals surface area contributed by atoms with E-state index < -0.39 is 0 Å². The van der Waals surface area contributed by atoms with Gasteiger partial charge in [-0.2, -0.15) is 0 Å². The molecule has 2 rings (SSSR count). The second-order valence-electron chi connectivity index (χ2n) is 6.41. The second kappa shape index (κ2) is 8.18. The molecule has 0 aromatic heterocycles. The average Bonchev–Trinajstić information content (AvgIpc) is 2.49. The molecule has 1 fully saturated rings. The third kappa shape index (κ3) is 5.50. The molecule has 0 aliphatic heterocycles. The summed E-state index contributed by atoms with van der Waals surface area (Å²) in [6.07, 6.45) is 5.95. The van der Waals surface area contributed by atoms with Crippen LogP contribution in [-0.4, -0.2) is 37.0 Å². The van der Waals surface area contributed by atoms with Gasteiger partial charge in [0.15, 0.2) is 0 Å². The number of carbonyl (C=O) groups is 1. The fourth-order valence-electron chi connectivity index (χ4n) is 3.09. The summed E-state index contributed by atoms with van der Waals surface area (Å²) in [4.78, 5) is 14.2. The van der Waals surface area contributed by atoms with Crippen molar-refractivity contribution >= 4 is 5.91 Å². The molecule has 1 aliphatic carbocycles. The van der Waals surface area contributed by atoms with E-state index in [0.717, 1.165) is 18.9 Å². The summed E-state index contributed by atoms with van der Waals surface area (Å²) in [6, 6.07) is 10.9. The Kier molecular flexibility index (Phi) is 6.24. The van der Waals surface area contributed by atoms with Crippen LogP contribution in [0.2, 0.25) is 0 Å². The van der Waals surface area contributed by atoms with Crippen molar-refractivity contribution < 1.29 is 4.79 Å². The molecule has 0 unspecified atom stereocenters. The van der Waals surface area contributed by atoms with Crippen LogP contribution in [0.15, 0.2) is 30.3 Å². The second-order valence-corrected chi connectivity index (χ2v) is 6.41. The van der Waals surface area contributed by atoms with Gasteiger partial charge in [0.2, 0.25) is 5.91 Å². The largest absolute Gasteiger partial charge is 0.355 e. The molecule has 3 heteroatoms. The van der Waals surface area contributed by atoms with Gasteiger partial charge < -0.3 is 5.32 Å². The zero-order valence-corrected chi connectivity index (χ0v) is 13.3. The van der Waals surface area contributed by atoms with E-state index in [2.05, 4.69) is 36.3 Å². The van der Waals surface area contributed by atoms with Crippen LogP contribution in [0.1, 0.15) is 38.2 Å². The molecule has 0 atom stereocenters. The van der Waals surface area contributed by atoms with Crippen molar-refractivity contribution in [3.8, 4) is 0 Å². The Labute approximate surface area is 128 Å². The number of likely N-dealkylation sites (N-methyl/N-ethyl adjacent to an activating group) is 1. The minimum atomic E-state index is 0.145. The third-order valence-electron chi connectivity index (χ3n) is 4.58. The monoisotopic (exact) mass is 288 g/mol. The minimum Gasteiger partial charge on any atom is -0.355 e. The Bertz CT molecular complexity index is 424. The van der Waals surface area contributed by atoms with E-state index in [1.54, 1.807) is 0 Å². The van der Waals surface area contributed by atoms with Crippen LogP contribution >= 0.6 is 0 Å².